The van der Waals surface area contributed by atoms with Crippen molar-refractivity contribution in [1.82, 2.24) is 0 Å². The number of nitrogens with zero attached hydrogens (tertiary/aromatic N) is 1. The lowest BCUT2D eigenvalue weighted by Crippen LogP contribution is -2.32. The quantitative estimate of drug-likeness (QED) is 0.379. The summed E-state index contributed by atoms with van der Waals surface area (Å²) in [5.74, 6) is 0. The van der Waals surface area contributed by atoms with Gasteiger partial charge in [-0.15, -0.1) is 11.8 Å². The van der Waals surface area contributed by atoms with Crippen molar-refractivity contribution in [2.24, 2.45) is 7.05 Å². The monoisotopic (exact) mass is 374 g/mol. The standard InChI is InChI=1S/C23H17ClNS/c1-25-21-9-5-2-6-15(21)14-20-22(25)18-7-3-4-8-19(18)23(20)26-17-12-10-16(24)11-13-17/h2-14,23H,1H3/q+1. The number of hydrogen-bond acceptors (Lipinski definition) is 1. The molecule has 4 aromatic rings. The average molecular weight is 375 g/mol. The first-order valence-electron chi connectivity index (χ1n) is 8.65. The van der Waals surface area contributed by atoms with Crippen LogP contribution in [-0.4, -0.2) is 0 Å². The second-order valence-electron chi connectivity index (χ2n) is 6.61. The largest absolute Gasteiger partial charge is 0.217 e. The van der Waals surface area contributed by atoms with E-state index in [9.17, 15) is 0 Å². The van der Waals surface area contributed by atoms with E-state index >= 15 is 0 Å². The SMILES string of the molecule is C[n+]1c2c(cc3ccccc31)C(Sc1ccc(Cl)cc1)c1ccccc1-2. The van der Waals surface area contributed by atoms with Crippen LogP contribution < -0.4 is 4.57 Å². The third kappa shape index (κ3) is 2.45. The van der Waals surface area contributed by atoms with Crippen LogP contribution in [0, 0.1) is 0 Å². The van der Waals surface area contributed by atoms with Gasteiger partial charge in [-0.3, -0.25) is 0 Å². The van der Waals surface area contributed by atoms with E-state index < -0.39 is 0 Å². The number of pyridine rings is 1. The van der Waals surface area contributed by atoms with Crippen LogP contribution in [0.3, 0.4) is 0 Å². The number of aromatic nitrogens is 1. The first kappa shape index (κ1) is 15.9. The zero-order chi connectivity index (χ0) is 17.7. The van der Waals surface area contributed by atoms with Crippen LogP contribution >= 0.6 is 23.4 Å². The minimum atomic E-state index is 0.290. The first-order valence-corrected chi connectivity index (χ1v) is 9.91. The predicted octanol–water partition coefficient (Wildman–Crippen LogP) is 6.18. The number of aryl methyl sites for hydroxylation is 1. The molecule has 1 atom stereocenters. The lowest BCUT2D eigenvalue weighted by atomic mass is 10.1. The number of rotatable bonds is 2. The van der Waals surface area contributed by atoms with Gasteiger partial charge in [0.15, 0.2) is 0 Å². The van der Waals surface area contributed by atoms with E-state index in [0.29, 0.717) is 0 Å². The van der Waals surface area contributed by atoms with E-state index in [2.05, 4.69) is 78.3 Å². The van der Waals surface area contributed by atoms with E-state index in [1.165, 1.54) is 38.2 Å². The summed E-state index contributed by atoms with van der Waals surface area (Å²) < 4.78 is 2.34. The second-order valence-corrected chi connectivity index (χ2v) is 8.22. The molecule has 0 bridgehead atoms. The Morgan fingerprint density at radius 3 is 2.42 bits per heavy atom. The fourth-order valence-electron chi connectivity index (χ4n) is 3.89. The molecule has 0 spiro atoms. The van der Waals surface area contributed by atoms with Crippen molar-refractivity contribution in [3.8, 4) is 11.3 Å². The summed E-state index contributed by atoms with van der Waals surface area (Å²) in [6.45, 7) is 0. The van der Waals surface area contributed by atoms with Crippen LogP contribution in [0.15, 0.2) is 83.8 Å². The maximum Gasteiger partial charge on any atom is 0.217 e. The first-order chi connectivity index (χ1) is 12.7. The molecule has 26 heavy (non-hydrogen) atoms. The van der Waals surface area contributed by atoms with Crippen molar-refractivity contribution in [3.63, 3.8) is 0 Å². The maximum atomic E-state index is 6.06. The number of thioether (sulfide) groups is 1. The Bertz CT molecular complexity index is 1130. The highest BCUT2D eigenvalue weighted by molar-refractivity contribution is 7.99. The van der Waals surface area contributed by atoms with Crippen molar-refractivity contribution in [2.45, 2.75) is 10.1 Å². The number of benzene rings is 3. The fourth-order valence-corrected chi connectivity index (χ4v) is 5.22. The van der Waals surface area contributed by atoms with Crippen LogP contribution in [0.5, 0.6) is 0 Å². The smallest absolute Gasteiger partial charge is 0.194 e. The minimum absolute atomic E-state index is 0.290. The van der Waals surface area contributed by atoms with E-state index in [-0.39, 0.29) is 5.25 Å². The molecule has 0 fully saturated rings. The Balaban J connectivity index is 1.73. The van der Waals surface area contributed by atoms with Crippen LogP contribution in [0.2, 0.25) is 5.02 Å². The summed E-state index contributed by atoms with van der Waals surface area (Å²) in [6, 6.07) is 27.9. The lowest BCUT2D eigenvalue weighted by Gasteiger charge is -2.13. The Morgan fingerprint density at radius 2 is 1.58 bits per heavy atom. The van der Waals surface area contributed by atoms with Crippen LogP contribution in [0.1, 0.15) is 16.4 Å². The molecule has 0 saturated carbocycles. The highest BCUT2D eigenvalue weighted by Crippen LogP contribution is 2.51. The topological polar surface area (TPSA) is 3.88 Å². The Hall–Kier alpha value is -2.29. The zero-order valence-corrected chi connectivity index (χ0v) is 15.9. The van der Waals surface area contributed by atoms with Gasteiger partial charge in [0, 0.05) is 26.9 Å². The molecular formula is C23H17ClNS+. The summed E-state index contributed by atoms with van der Waals surface area (Å²) in [4.78, 5) is 1.23. The third-order valence-corrected chi connectivity index (χ3v) is 6.61. The normalized spacial score (nSPS) is 15.1. The predicted molar refractivity (Wildman–Crippen MR) is 110 cm³/mol. The molecule has 5 rings (SSSR count). The summed E-state index contributed by atoms with van der Waals surface area (Å²) in [7, 11) is 2.17. The van der Waals surface area contributed by atoms with Crippen molar-refractivity contribution < 1.29 is 4.57 Å². The van der Waals surface area contributed by atoms with Gasteiger partial charge in [-0.05, 0) is 48.0 Å². The number of hydrogen-bond donors (Lipinski definition) is 0. The molecule has 1 aromatic heterocycles. The van der Waals surface area contributed by atoms with Crippen molar-refractivity contribution in [1.29, 1.82) is 0 Å². The van der Waals surface area contributed by atoms with Gasteiger partial charge >= 0.3 is 0 Å². The highest BCUT2D eigenvalue weighted by Gasteiger charge is 2.36. The van der Waals surface area contributed by atoms with Crippen molar-refractivity contribution in [2.75, 3.05) is 0 Å². The van der Waals surface area contributed by atoms with Gasteiger partial charge in [-0.25, -0.2) is 0 Å². The molecular weight excluding hydrogens is 358 g/mol. The Labute approximate surface area is 162 Å². The van der Waals surface area contributed by atoms with Crippen LogP contribution in [0.4, 0.5) is 0 Å². The number of halogens is 1. The summed E-state index contributed by atoms with van der Waals surface area (Å²) in [5.41, 5.74) is 6.69. The minimum Gasteiger partial charge on any atom is -0.194 e. The summed E-state index contributed by atoms with van der Waals surface area (Å²) in [5, 5.41) is 2.35. The second kappa shape index (κ2) is 6.15. The molecule has 126 valence electrons. The maximum absolute atomic E-state index is 6.06. The number of para-hydroxylation sites is 1. The molecule has 1 aliphatic carbocycles. The van der Waals surface area contributed by atoms with Crippen molar-refractivity contribution >= 4 is 34.3 Å². The van der Waals surface area contributed by atoms with Crippen molar-refractivity contribution in [3.05, 3.63) is 95.0 Å². The average Bonchev–Trinajstić information content (AvgIpc) is 2.98. The Kier molecular flexibility index (Phi) is 3.77. The van der Waals surface area contributed by atoms with Gasteiger partial charge in [-0.1, -0.05) is 41.9 Å². The molecule has 0 saturated heterocycles. The lowest BCUT2D eigenvalue weighted by molar-refractivity contribution is -0.633. The molecule has 0 N–H and O–H groups in total. The van der Waals surface area contributed by atoms with E-state index in [0.717, 1.165) is 5.02 Å². The van der Waals surface area contributed by atoms with E-state index in [1.54, 1.807) is 0 Å². The van der Waals surface area contributed by atoms with Gasteiger partial charge in [0.2, 0.25) is 11.2 Å². The molecule has 0 aliphatic heterocycles. The zero-order valence-electron chi connectivity index (χ0n) is 14.3. The van der Waals surface area contributed by atoms with Gasteiger partial charge in [-0.2, -0.15) is 4.57 Å². The molecule has 1 aliphatic rings. The third-order valence-electron chi connectivity index (χ3n) is 5.07. The van der Waals surface area contributed by atoms with Crippen LogP contribution in [-0.2, 0) is 7.05 Å². The molecule has 1 unspecified atom stereocenters. The van der Waals surface area contributed by atoms with Gasteiger partial charge in [0.1, 0.15) is 7.05 Å². The summed E-state index contributed by atoms with van der Waals surface area (Å²) in [6.07, 6.45) is 0. The van der Waals surface area contributed by atoms with Crippen LogP contribution in [0.25, 0.3) is 22.2 Å². The number of fused-ring (bicyclic) bond motifs is 4. The van der Waals surface area contributed by atoms with Gasteiger partial charge < -0.3 is 0 Å². The Morgan fingerprint density at radius 1 is 0.846 bits per heavy atom. The summed E-state index contributed by atoms with van der Waals surface area (Å²) >= 11 is 7.95. The molecule has 0 amide bonds. The fraction of sp³-hybridized carbons (Fsp3) is 0.0870. The highest BCUT2D eigenvalue weighted by atomic mass is 35.5. The molecule has 1 heterocycles. The molecule has 0 radical (unpaired) electrons. The van der Waals surface area contributed by atoms with E-state index in [4.69, 9.17) is 11.6 Å². The molecule has 1 nitrogen and oxygen atoms in total. The molecule has 3 aromatic carbocycles. The van der Waals surface area contributed by atoms with E-state index in [1.807, 2.05) is 23.9 Å². The van der Waals surface area contributed by atoms with Gasteiger partial charge in [0.25, 0.3) is 0 Å². The van der Waals surface area contributed by atoms with Gasteiger partial charge in [0.05, 0.1) is 10.8 Å². The molecule has 3 heteroatoms.